The molecule has 1 saturated heterocycles. The number of nitrogens with zero attached hydrogens (tertiary/aromatic N) is 1. The van der Waals surface area contributed by atoms with E-state index in [1.165, 1.54) is 0 Å². The van der Waals surface area contributed by atoms with Gasteiger partial charge in [-0.3, -0.25) is 0 Å². The number of hydrogen-bond acceptors (Lipinski definition) is 3. The third-order valence-electron chi connectivity index (χ3n) is 2.63. The normalized spacial score (nSPS) is 30.0. The van der Waals surface area contributed by atoms with E-state index in [2.05, 4.69) is 18.7 Å². The average molecular weight is 172 g/mol. The maximum atomic E-state index is 5.89. The van der Waals surface area contributed by atoms with Gasteiger partial charge < -0.3 is 15.4 Å². The molecular formula is C9H20N2O. The van der Waals surface area contributed by atoms with Crippen molar-refractivity contribution in [3.63, 3.8) is 0 Å². The molecule has 0 spiro atoms. The van der Waals surface area contributed by atoms with Gasteiger partial charge in [-0.05, 0) is 13.1 Å². The second-order valence-electron chi connectivity index (χ2n) is 3.45. The lowest BCUT2D eigenvalue weighted by Crippen LogP contribution is -2.38. The monoisotopic (exact) mass is 172 g/mol. The molecule has 1 heterocycles. The third kappa shape index (κ3) is 2.44. The molecule has 0 amide bonds. The van der Waals surface area contributed by atoms with Crippen molar-refractivity contribution in [2.24, 2.45) is 11.7 Å². The highest BCUT2D eigenvalue weighted by Crippen LogP contribution is 2.12. The van der Waals surface area contributed by atoms with Crippen LogP contribution >= 0.6 is 0 Å². The first-order valence-electron chi connectivity index (χ1n) is 4.83. The maximum Gasteiger partial charge on any atom is 0.0621 e. The lowest BCUT2D eigenvalue weighted by molar-refractivity contribution is 0.170. The lowest BCUT2D eigenvalue weighted by atomic mass is 10.0. The van der Waals surface area contributed by atoms with Crippen molar-refractivity contribution in [2.45, 2.75) is 19.9 Å². The highest BCUT2D eigenvalue weighted by atomic mass is 16.5. The van der Waals surface area contributed by atoms with Gasteiger partial charge in [-0.25, -0.2) is 0 Å². The summed E-state index contributed by atoms with van der Waals surface area (Å²) in [6.45, 7) is 9.27. The van der Waals surface area contributed by atoms with Crippen LogP contribution in [0.2, 0.25) is 0 Å². The zero-order valence-electron chi connectivity index (χ0n) is 8.12. The summed E-state index contributed by atoms with van der Waals surface area (Å²) in [4.78, 5) is 2.40. The Morgan fingerprint density at radius 2 is 2.00 bits per heavy atom. The topological polar surface area (TPSA) is 38.5 Å². The van der Waals surface area contributed by atoms with E-state index in [4.69, 9.17) is 10.5 Å². The van der Waals surface area contributed by atoms with E-state index in [0.29, 0.717) is 5.92 Å². The fraction of sp³-hybridized carbons (Fsp3) is 1.00. The van der Waals surface area contributed by atoms with E-state index in [1.54, 1.807) is 0 Å². The fourth-order valence-electron chi connectivity index (χ4n) is 1.62. The van der Waals surface area contributed by atoms with Gasteiger partial charge in [0.25, 0.3) is 0 Å². The van der Waals surface area contributed by atoms with E-state index in [1.807, 2.05) is 0 Å². The van der Waals surface area contributed by atoms with Crippen LogP contribution in [-0.2, 0) is 4.74 Å². The summed E-state index contributed by atoms with van der Waals surface area (Å²) in [5.74, 6) is 0.546. The van der Waals surface area contributed by atoms with Crippen LogP contribution in [0.1, 0.15) is 13.8 Å². The molecule has 1 aliphatic heterocycles. The van der Waals surface area contributed by atoms with Crippen molar-refractivity contribution in [3.8, 4) is 0 Å². The number of hydrogen-bond donors (Lipinski definition) is 1. The third-order valence-corrected chi connectivity index (χ3v) is 2.63. The van der Waals surface area contributed by atoms with Crippen molar-refractivity contribution in [1.82, 2.24) is 4.90 Å². The first-order valence-corrected chi connectivity index (χ1v) is 4.83. The summed E-state index contributed by atoms with van der Waals surface area (Å²) in [5.41, 5.74) is 5.89. The highest BCUT2D eigenvalue weighted by Gasteiger charge is 2.25. The molecule has 0 bridgehead atoms. The molecule has 12 heavy (non-hydrogen) atoms. The van der Waals surface area contributed by atoms with Crippen LogP contribution in [0, 0.1) is 5.92 Å². The van der Waals surface area contributed by atoms with Crippen LogP contribution < -0.4 is 5.73 Å². The van der Waals surface area contributed by atoms with Gasteiger partial charge in [0.15, 0.2) is 0 Å². The molecule has 1 aliphatic rings. The van der Waals surface area contributed by atoms with Gasteiger partial charge in [0.1, 0.15) is 0 Å². The quantitative estimate of drug-likeness (QED) is 0.663. The first kappa shape index (κ1) is 9.96. The minimum Gasteiger partial charge on any atom is -0.379 e. The Morgan fingerprint density at radius 3 is 2.42 bits per heavy atom. The minimum absolute atomic E-state index is 0.255. The van der Waals surface area contributed by atoms with Gasteiger partial charge in [0, 0.05) is 18.5 Å². The molecule has 2 N–H and O–H groups in total. The molecule has 0 aliphatic carbocycles. The Bertz CT molecular complexity index is 126. The van der Waals surface area contributed by atoms with Crippen molar-refractivity contribution in [1.29, 1.82) is 0 Å². The van der Waals surface area contributed by atoms with Gasteiger partial charge in [-0.2, -0.15) is 0 Å². The molecule has 0 aromatic carbocycles. The van der Waals surface area contributed by atoms with Crippen LogP contribution in [-0.4, -0.2) is 43.8 Å². The van der Waals surface area contributed by atoms with Crippen LogP contribution in [0.5, 0.6) is 0 Å². The predicted molar refractivity (Wildman–Crippen MR) is 50.1 cm³/mol. The van der Waals surface area contributed by atoms with Crippen LogP contribution in [0.15, 0.2) is 0 Å². The summed E-state index contributed by atoms with van der Waals surface area (Å²) in [5, 5.41) is 0. The maximum absolute atomic E-state index is 5.89. The largest absolute Gasteiger partial charge is 0.379 e. The Morgan fingerprint density at radius 1 is 1.33 bits per heavy atom. The van der Waals surface area contributed by atoms with Gasteiger partial charge >= 0.3 is 0 Å². The molecule has 1 fully saturated rings. The molecule has 3 heteroatoms. The summed E-state index contributed by atoms with van der Waals surface area (Å²) in [7, 11) is 0. The molecular weight excluding hydrogens is 152 g/mol. The molecule has 2 unspecified atom stereocenters. The van der Waals surface area contributed by atoms with Crippen LogP contribution in [0.4, 0.5) is 0 Å². The minimum atomic E-state index is 0.255. The Labute approximate surface area is 74.9 Å². The second-order valence-corrected chi connectivity index (χ2v) is 3.45. The summed E-state index contributed by atoms with van der Waals surface area (Å²) in [6.07, 6.45) is 0. The van der Waals surface area contributed by atoms with E-state index in [0.717, 1.165) is 32.8 Å². The predicted octanol–water partition coefficient (Wildman–Crippen LogP) is 0.302. The molecule has 0 aromatic rings. The summed E-state index contributed by atoms with van der Waals surface area (Å²) in [6, 6.07) is 0.255. The first-order chi connectivity index (χ1) is 5.77. The van der Waals surface area contributed by atoms with Crippen molar-refractivity contribution >= 4 is 0 Å². The van der Waals surface area contributed by atoms with Crippen LogP contribution in [0.25, 0.3) is 0 Å². The SMILES string of the molecule is CCN(CC)CC1COCC1N. The summed E-state index contributed by atoms with van der Waals surface area (Å²) >= 11 is 0. The summed E-state index contributed by atoms with van der Waals surface area (Å²) < 4.78 is 5.31. The molecule has 0 radical (unpaired) electrons. The van der Waals surface area contributed by atoms with Gasteiger partial charge in [0.05, 0.1) is 13.2 Å². The number of nitrogens with two attached hydrogens (primary N) is 1. The lowest BCUT2D eigenvalue weighted by Gasteiger charge is -2.23. The van der Waals surface area contributed by atoms with Gasteiger partial charge in [-0.15, -0.1) is 0 Å². The second kappa shape index (κ2) is 4.80. The Kier molecular flexibility index (Phi) is 3.98. The average Bonchev–Trinajstić information content (AvgIpc) is 2.47. The van der Waals surface area contributed by atoms with Gasteiger partial charge in [-0.1, -0.05) is 13.8 Å². The zero-order valence-corrected chi connectivity index (χ0v) is 8.12. The van der Waals surface area contributed by atoms with Crippen molar-refractivity contribution in [3.05, 3.63) is 0 Å². The standard InChI is InChI=1S/C9H20N2O/c1-3-11(4-2)5-8-6-12-7-9(8)10/h8-9H,3-7,10H2,1-2H3. The number of ether oxygens (including phenoxy) is 1. The van der Waals surface area contributed by atoms with E-state index < -0.39 is 0 Å². The smallest absolute Gasteiger partial charge is 0.0621 e. The van der Waals surface area contributed by atoms with E-state index >= 15 is 0 Å². The van der Waals surface area contributed by atoms with Crippen molar-refractivity contribution in [2.75, 3.05) is 32.8 Å². The molecule has 3 nitrogen and oxygen atoms in total. The molecule has 0 saturated carbocycles. The van der Waals surface area contributed by atoms with Gasteiger partial charge in [0.2, 0.25) is 0 Å². The van der Waals surface area contributed by atoms with Crippen LogP contribution in [0.3, 0.4) is 0 Å². The Hall–Kier alpha value is -0.120. The molecule has 1 rings (SSSR count). The van der Waals surface area contributed by atoms with E-state index in [-0.39, 0.29) is 6.04 Å². The molecule has 72 valence electrons. The zero-order chi connectivity index (χ0) is 8.97. The Balaban J connectivity index is 2.28. The molecule has 2 atom stereocenters. The highest BCUT2D eigenvalue weighted by molar-refractivity contribution is 4.80. The fourth-order valence-corrected chi connectivity index (χ4v) is 1.62. The number of rotatable bonds is 4. The van der Waals surface area contributed by atoms with E-state index in [9.17, 15) is 0 Å². The van der Waals surface area contributed by atoms with Crippen molar-refractivity contribution < 1.29 is 4.74 Å². The molecule has 0 aromatic heterocycles.